The minimum absolute atomic E-state index is 0.109. The monoisotopic (exact) mass is 440 g/mol. The molecule has 7 heteroatoms. The molecule has 31 heavy (non-hydrogen) atoms. The van der Waals surface area contributed by atoms with E-state index in [1.54, 1.807) is 11.8 Å². The van der Waals surface area contributed by atoms with Gasteiger partial charge in [0.05, 0.1) is 0 Å². The van der Waals surface area contributed by atoms with Crippen LogP contribution < -0.4 is 4.72 Å². The summed E-state index contributed by atoms with van der Waals surface area (Å²) in [4.78, 5) is 14.9. The van der Waals surface area contributed by atoms with Crippen LogP contribution in [0.5, 0.6) is 0 Å². The maximum Gasteiger partial charge on any atom is 0.289 e. The van der Waals surface area contributed by atoms with Gasteiger partial charge >= 0.3 is 0 Å². The molecule has 4 rings (SSSR count). The Kier molecular flexibility index (Phi) is 5.66. The fourth-order valence-electron chi connectivity index (χ4n) is 4.09. The maximum atomic E-state index is 13.3. The second kappa shape index (κ2) is 8.13. The van der Waals surface area contributed by atoms with E-state index in [0.29, 0.717) is 29.6 Å². The van der Waals surface area contributed by atoms with Crippen molar-refractivity contribution in [3.05, 3.63) is 63.9 Å². The molecule has 0 saturated carbocycles. The molecule has 0 bridgehead atoms. The van der Waals surface area contributed by atoms with Crippen LogP contribution in [0.2, 0.25) is 0 Å². The SMILES string of the molecule is Cc1ccc(CNS(=O)(=O)c2c(C)c(C)cc3c(C)c(C(=O)N4CCCC4)oc23)cc1. The average molecular weight is 441 g/mol. The molecule has 0 unspecified atom stereocenters. The summed E-state index contributed by atoms with van der Waals surface area (Å²) >= 11 is 0. The van der Waals surface area contributed by atoms with Crippen molar-refractivity contribution in [2.24, 2.45) is 0 Å². The largest absolute Gasteiger partial charge is 0.449 e. The van der Waals surface area contributed by atoms with E-state index in [-0.39, 0.29) is 28.7 Å². The number of benzene rings is 2. The van der Waals surface area contributed by atoms with Crippen LogP contribution >= 0.6 is 0 Å². The number of sulfonamides is 1. The van der Waals surface area contributed by atoms with Crippen LogP contribution in [0.4, 0.5) is 0 Å². The van der Waals surface area contributed by atoms with Crippen molar-refractivity contribution in [1.29, 1.82) is 0 Å². The lowest BCUT2D eigenvalue weighted by Gasteiger charge is -2.13. The van der Waals surface area contributed by atoms with Gasteiger partial charge in [-0.25, -0.2) is 13.1 Å². The van der Waals surface area contributed by atoms with Gasteiger partial charge in [0.15, 0.2) is 11.3 Å². The molecule has 2 heterocycles. The Labute approximate surface area is 183 Å². The molecule has 1 aliphatic rings. The van der Waals surface area contributed by atoms with Crippen molar-refractivity contribution in [3.63, 3.8) is 0 Å². The number of nitrogens with one attached hydrogen (secondary N) is 1. The quantitative estimate of drug-likeness (QED) is 0.638. The van der Waals surface area contributed by atoms with Gasteiger partial charge in [0.2, 0.25) is 10.0 Å². The fraction of sp³-hybridized carbons (Fsp3) is 0.375. The summed E-state index contributed by atoms with van der Waals surface area (Å²) in [6.07, 6.45) is 1.96. The standard InChI is InChI=1S/C24H28N2O4S/c1-15-7-9-19(10-8-15)14-25-31(28,29)23-17(3)16(2)13-20-18(4)21(30-22(20)23)24(27)26-11-5-6-12-26/h7-10,13,25H,5-6,11-12,14H2,1-4H3. The third-order valence-corrected chi connectivity index (χ3v) is 7.69. The second-order valence-electron chi connectivity index (χ2n) is 8.39. The minimum Gasteiger partial charge on any atom is -0.449 e. The lowest BCUT2D eigenvalue weighted by molar-refractivity contribution is 0.0762. The van der Waals surface area contributed by atoms with E-state index in [2.05, 4.69) is 4.72 Å². The fourth-order valence-corrected chi connectivity index (χ4v) is 5.55. The molecular formula is C24H28N2O4S. The molecule has 164 valence electrons. The van der Waals surface area contributed by atoms with E-state index in [1.807, 2.05) is 51.1 Å². The van der Waals surface area contributed by atoms with Gasteiger partial charge in [-0.1, -0.05) is 29.8 Å². The number of hydrogen-bond donors (Lipinski definition) is 1. The number of amides is 1. The molecule has 3 aromatic rings. The first kappa shape index (κ1) is 21.6. The molecule has 0 atom stereocenters. The average Bonchev–Trinajstić information content (AvgIpc) is 3.37. The molecular weight excluding hydrogens is 412 g/mol. The van der Waals surface area contributed by atoms with E-state index < -0.39 is 10.0 Å². The molecule has 1 aliphatic heterocycles. The molecule has 0 radical (unpaired) electrons. The van der Waals surface area contributed by atoms with E-state index in [4.69, 9.17) is 4.42 Å². The lowest BCUT2D eigenvalue weighted by Crippen LogP contribution is -2.27. The summed E-state index contributed by atoms with van der Waals surface area (Å²) < 4.78 is 35.4. The predicted molar refractivity (Wildman–Crippen MR) is 121 cm³/mol. The minimum atomic E-state index is -3.87. The second-order valence-corrected chi connectivity index (χ2v) is 10.1. The van der Waals surface area contributed by atoms with E-state index >= 15 is 0 Å². The highest BCUT2D eigenvalue weighted by Gasteiger charge is 2.30. The Morgan fingerprint density at radius 1 is 1.03 bits per heavy atom. The number of hydrogen-bond acceptors (Lipinski definition) is 4. The summed E-state index contributed by atoms with van der Waals surface area (Å²) in [6, 6.07) is 9.61. The van der Waals surface area contributed by atoms with Crippen molar-refractivity contribution in [3.8, 4) is 0 Å². The van der Waals surface area contributed by atoms with Gasteiger partial charge in [0.1, 0.15) is 4.90 Å². The lowest BCUT2D eigenvalue weighted by atomic mass is 10.0. The van der Waals surface area contributed by atoms with Crippen molar-refractivity contribution in [2.45, 2.75) is 52.0 Å². The number of carbonyl (C=O) groups excluding carboxylic acids is 1. The van der Waals surface area contributed by atoms with Crippen molar-refractivity contribution in [1.82, 2.24) is 9.62 Å². The molecule has 2 aromatic carbocycles. The number of fused-ring (bicyclic) bond motifs is 1. The van der Waals surface area contributed by atoms with Crippen LogP contribution in [0, 0.1) is 27.7 Å². The maximum absolute atomic E-state index is 13.3. The summed E-state index contributed by atoms with van der Waals surface area (Å²) in [7, 11) is -3.87. The van der Waals surface area contributed by atoms with Crippen LogP contribution in [0.3, 0.4) is 0 Å². The molecule has 6 nitrogen and oxygen atoms in total. The van der Waals surface area contributed by atoms with Gasteiger partial charge < -0.3 is 9.32 Å². The van der Waals surface area contributed by atoms with Crippen molar-refractivity contribution >= 4 is 26.9 Å². The third-order valence-electron chi connectivity index (χ3n) is 6.14. The zero-order chi connectivity index (χ0) is 22.3. The zero-order valence-electron chi connectivity index (χ0n) is 18.4. The Morgan fingerprint density at radius 3 is 2.32 bits per heavy atom. The predicted octanol–water partition coefficient (Wildman–Crippen LogP) is 4.38. The summed E-state index contributed by atoms with van der Waals surface area (Å²) in [5.74, 6) is 0.0642. The number of aryl methyl sites for hydroxylation is 3. The Balaban J connectivity index is 1.76. The van der Waals surface area contributed by atoms with E-state index in [0.717, 1.165) is 29.5 Å². The van der Waals surface area contributed by atoms with Crippen molar-refractivity contribution in [2.75, 3.05) is 13.1 Å². The van der Waals surface area contributed by atoms with Crippen LogP contribution in [0.25, 0.3) is 11.0 Å². The first-order valence-corrected chi connectivity index (χ1v) is 12.0. The third kappa shape index (κ3) is 4.00. The van der Waals surface area contributed by atoms with Crippen molar-refractivity contribution < 1.29 is 17.6 Å². The summed E-state index contributed by atoms with van der Waals surface area (Å²) in [6.45, 7) is 9.04. The van der Waals surface area contributed by atoms with Crippen LogP contribution in [0.15, 0.2) is 39.6 Å². The molecule has 1 saturated heterocycles. The number of likely N-dealkylation sites (tertiary alicyclic amines) is 1. The van der Waals surface area contributed by atoms with E-state index in [1.165, 1.54) is 0 Å². The van der Waals surface area contributed by atoms with Crippen LogP contribution in [-0.4, -0.2) is 32.3 Å². The molecule has 1 fully saturated rings. The molecule has 1 amide bonds. The highest BCUT2D eigenvalue weighted by Crippen LogP contribution is 2.35. The molecule has 1 N–H and O–H groups in total. The smallest absolute Gasteiger partial charge is 0.289 e. The van der Waals surface area contributed by atoms with Gasteiger partial charge in [-0.15, -0.1) is 0 Å². The molecule has 0 aliphatic carbocycles. The van der Waals surface area contributed by atoms with Crippen LogP contribution in [0.1, 0.15) is 51.2 Å². The van der Waals surface area contributed by atoms with Gasteiger partial charge in [0, 0.05) is 30.6 Å². The van der Waals surface area contributed by atoms with E-state index in [9.17, 15) is 13.2 Å². The topological polar surface area (TPSA) is 79.6 Å². The van der Waals surface area contributed by atoms with Crippen LogP contribution in [-0.2, 0) is 16.6 Å². The number of nitrogens with zero attached hydrogens (tertiary/aromatic N) is 1. The number of furan rings is 1. The normalized spacial score (nSPS) is 14.5. The van der Waals surface area contributed by atoms with Gasteiger partial charge in [0.25, 0.3) is 5.91 Å². The first-order valence-electron chi connectivity index (χ1n) is 10.6. The Bertz CT molecular complexity index is 1250. The molecule has 0 spiro atoms. The van der Waals surface area contributed by atoms with Gasteiger partial charge in [-0.05, 0) is 63.3 Å². The molecule has 1 aromatic heterocycles. The van der Waals surface area contributed by atoms with Gasteiger partial charge in [-0.2, -0.15) is 0 Å². The Hall–Kier alpha value is -2.64. The summed E-state index contributed by atoms with van der Waals surface area (Å²) in [5, 5.41) is 0.668. The van der Waals surface area contributed by atoms with Gasteiger partial charge in [-0.3, -0.25) is 4.79 Å². The summed E-state index contributed by atoms with van der Waals surface area (Å²) in [5.41, 5.74) is 4.38. The zero-order valence-corrected chi connectivity index (χ0v) is 19.2. The highest BCUT2D eigenvalue weighted by atomic mass is 32.2. The highest BCUT2D eigenvalue weighted by molar-refractivity contribution is 7.89. The number of carbonyl (C=O) groups is 1. The number of rotatable bonds is 5. The first-order chi connectivity index (χ1) is 14.7. The Morgan fingerprint density at radius 2 is 1.68 bits per heavy atom.